The van der Waals surface area contributed by atoms with E-state index in [1.807, 2.05) is 0 Å². The molecule has 0 unspecified atom stereocenters. The van der Waals surface area contributed by atoms with E-state index >= 15 is 0 Å². The molecule has 0 aromatic heterocycles. The third-order valence-electron chi connectivity index (χ3n) is 6.14. The van der Waals surface area contributed by atoms with Crippen molar-refractivity contribution in [1.29, 1.82) is 0 Å². The lowest BCUT2D eigenvalue weighted by molar-refractivity contribution is 0.927. The molecule has 0 N–H and O–H groups in total. The first kappa shape index (κ1) is 21.5. The smallest absolute Gasteiger partial charge is 0.0651 e. The highest BCUT2D eigenvalue weighted by atomic mass is 31.2. The Kier molecular flexibility index (Phi) is 6.40. The maximum atomic E-state index is 2.39. The fourth-order valence-corrected chi connectivity index (χ4v) is 8.93. The minimum Gasteiger partial charge on any atom is -0.0651 e. The molecule has 0 saturated heterocycles. The lowest BCUT2D eigenvalue weighted by atomic mass is 10.1. The van der Waals surface area contributed by atoms with Gasteiger partial charge in [-0.2, -0.15) is 0 Å². The highest BCUT2D eigenvalue weighted by Gasteiger charge is 2.48. The summed E-state index contributed by atoms with van der Waals surface area (Å²) in [5.74, 6) is 0. The second-order valence-corrected chi connectivity index (χ2v) is 11.9. The van der Waals surface area contributed by atoms with Crippen LogP contribution in [0.25, 0.3) is 0 Å². The van der Waals surface area contributed by atoms with Crippen molar-refractivity contribution >= 4 is 28.5 Å². The maximum absolute atomic E-state index is 2.39. The van der Waals surface area contributed by atoms with Crippen LogP contribution in [-0.4, -0.2) is 0 Å². The van der Waals surface area contributed by atoms with Crippen LogP contribution in [0.4, 0.5) is 0 Å². The summed E-state index contributed by atoms with van der Waals surface area (Å²) < 4.78 is 0. The van der Waals surface area contributed by atoms with Crippen molar-refractivity contribution in [2.45, 2.75) is 40.5 Å². The highest BCUT2D eigenvalue weighted by molar-refractivity contribution is 8.01. The Morgan fingerprint density at radius 3 is 1.29 bits per heavy atom. The molecule has 31 heavy (non-hydrogen) atoms. The number of hydrogen-bond acceptors (Lipinski definition) is 0. The number of aryl methyl sites for hydroxylation is 4. The number of hydrogen-bond donors (Lipinski definition) is 0. The average Bonchev–Trinajstić information content (AvgIpc) is 2.79. The molecule has 4 aromatic rings. The van der Waals surface area contributed by atoms with Gasteiger partial charge in [0.25, 0.3) is 0 Å². The van der Waals surface area contributed by atoms with E-state index in [0.29, 0.717) is 0 Å². The second-order valence-electron chi connectivity index (χ2n) is 8.56. The van der Waals surface area contributed by atoms with Crippen molar-refractivity contribution in [2.24, 2.45) is 0 Å². The molecule has 0 bridgehead atoms. The molecule has 156 valence electrons. The molecule has 0 amide bonds. The summed E-state index contributed by atoms with van der Waals surface area (Å²) in [4.78, 5) is 0. The lowest BCUT2D eigenvalue weighted by Crippen LogP contribution is -2.40. The molecular formula is C30H32P+. The predicted molar refractivity (Wildman–Crippen MR) is 139 cm³/mol. The lowest BCUT2D eigenvalue weighted by Gasteiger charge is -2.29. The van der Waals surface area contributed by atoms with Crippen LogP contribution in [0.5, 0.6) is 0 Å². The van der Waals surface area contributed by atoms with Gasteiger partial charge in [-0.15, -0.1) is 0 Å². The van der Waals surface area contributed by atoms with E-state index in [1.165, 1.54) is 43.5 Å². The normalized spacial score (nSPS) is 11.5. The van der Waals surface area contributed by atoms with E-state index in [-0.39, 0.29) is 0 Å². The van der Waals surface area contributed by atoms with Gasteiger partial charge >= 0.3 is 0 Å². The molecule has 0 fully saturated rings. The van der Waals surface area contributed by atoms with Gasteiger partial charge in [-0.25, -0.2) is 0 Å². The molecule has 0 nitrogen and oxygen atoms in total. The molecule has 1 heteroatoms. The highest BCUT2D eigenvalue weighted by Crippen LogP contribution is 2.55. The quantitative estimate of drug-likeness (QED) is 0.325. The van der Waals surface area contributed by atoms with Crippen molar-refractivity contribution in [3.8, 4) is 0 Å². The monoisotopic (exact) mass is 423 g/mol. The maximum Gasteiger partial charge on any atom is 0.144 e. The Labute approximate surface area is 188 Å². The van der Waals surface area contributed by atoms with Crippen molar-refractivity contribution in [3.05, 3.63) is 119 Å². The van der Waals surface area contributed by atoms with Crippen LogP contribution in [0.3, 0.4) is 0 Å². The first-order valence-electron chi connectivity index (χ1n) is 11.2. The van der Waals surface area contributed by atoms with E-state index < -0.39 is 7.26 Å². The van der Waals surface area contributed by atoms with E-state index in [0.717, 1.165) is 12.8 Å². The summed E-state index contributed by atoms with van der Waals surface area (Å²) in [5.41, 5.74) is 5.38. The van der Waals surface area contributed by atoms with Gasteiger partial charge in [0.2, 0.25) is 0 Å². The van der Waals surface area contributed by atoms with Crippen molar-refractivity contribution < 1.29 is 0 Å². The van der Waals surface area contributed by atoms with Crippen LogP contribution in [0.2, 0.25) is 0 Å². The average molecular weight is 424 g/mol. The summed E-state index contributed by atoms with van der Waals surface area (Å²) in [6, 6.07) is 37.0. The molecule has 0 aliphatic carbocycles. The minimum absolute atomic E-state index is 1.10. The summed E-state index contributed by atoms with van der Waals surface area (Å²) in [7, 11) is -2.03. The third kappa shape index (κ3) is 4.10. The zero-order chi connectivity index (χ0) is 21.8. The number of rotatable bonds is 6. The Balaban J connectivity index is 2.15. The van der Waals surface area contributed by atoms with Crippen LogP contribution in [0.15, 0.2) is 97.1 Å². The molecule has 4 rings (SSSR count). The molecule has 0 radical (unpaired) electrons. The number of benzene rings is 4. The summed E-state index contributed by atoms with van der Waals surface area (Å²) >= 11 is 0. The van der Waals surface area contributed by atoms with Gasteiger partial charge in [0.05, 0.1) is 0 Å². The van der Waals surface area contributed by atoms with Gasteiger partial charge < -0.3 is 0 Å². The summed E-state index contributed by atoms with van der Waals surface area (Å²) in [5, 5.41) is 5.77. The largest absolute Gasteiger partial charge is 0.144 e. The van der Waals surface area contributed by atoms with Gasteiger partial charge in [-0.3, -0.25) is 0 Å². The fourth-order valence-electron chi connectivity index (χ4n) is 4.49. The van der Waals surface area contributed by atoms with Crippen molar-refractivity contribution in [2.75, 3.05) is 0 Å². The summed E-state index contributed by atoms with van der Waals surface area (Å²) in [6.07, 6.45) is 2.24. The molecule has 0 aliphatic rings. The van der Waals surface area contributed by atoms with Crippen molar-refractivity contribution in [3.63, 3.8) is 0 Å². The van der Waals surface area contributed by atoms with Crippen LogP contribution in [0.1, 0.15) is 35.6 Å². The Morgan fingerprint density at radius 2 is 0.903 bits per heavy atom. The standard InChI is InChI=1S/C30H32P/c1-5-8-26-9-6-7-10-30(26)31(27-17-11-23(2)12-18-27,28-19-13-24(3)14-20-28)29-21-15-25(4)16-22-29/h6-7,9-22H,5,8H2,1-4H3/q+1. The van der Waals surface area contributed by atoms with E-state index in [4.69, 9.17) is 0 Å². The van der Waals surface area contributed by atoms with Gasteiger partial charge in [0.15, 0.2) is 0 Å². The molecular weight excluding hydrogens is 391 g/mol. The molecule has 0 spiro atoms. The van der Waals surface area contributed by atoms with E-state index in [1.54, 1.807) is 0 Å². The SMILES string of the molecule is CCCc1ccccc1[P+](c1ccc(C)cc1)(c1ccc(C)cc1)c1ccc(C)cc1. The zero-order valence-electron chi connectivity index (χ0n) is 19.1. The van der Waals surface area contributed by atoms with Gasteiger partial charge in [0.1, 0.15) is 28.5 Å². The van der Waals surface area contributed by atoms with E-state index in [2.05, 4.69) is 125 Å². The zero-order valence-corrected chi connectivity index (χ0v) is 20.0. The molecule has 4 aromatic carbocycles. The fraction of sp³-hybridized carbons (Fsp3) is 0.200. The Morgan fingerprint density at radius 1 is 0.516 bits per heavy atom. The first-order chi connectivity index (χ1) is 15.1. The molecule has 0 aliphatic heterocycles. The van der Waals surface area contributed by atoms with E-state index in [9.17, 15) is 0 Å². The second kappa shape index (κ2) is 9.21. The van der Waals surface area contributed by atoms with Crippen molar-refractivity contribution in [1.82, 2.24) is 0 Å². The molecule has 0 atom stereocenters. The Hall–Kier alpha value is -2.69. The van der Waals surface area contributed by atoms with Gasteiger partial charge in [-0.1, -0.05) is 84.6 Å². The van der Waals surface area contributed by atoms with Gasteiger partial charge in [0, 0.05) is 0 Å². The van der Waals surface area contributed by atoms with Crippen LogP contribution in [0, 0.1) is 20.8 Å². The molecule has 0 heterocycles. The minimum atomic E-state index is -2.03. The van der Waals surface area contributed by atoms with Crippen LogP contribution < -0.4 is 21.2 Å². The third-order valence-corrected chi connectivity index (χ3v) is 10.5. The van der Waals surface area contributed by atoms with Gasteiger partial charge in [-0.05, 0) is 75.2 Å². The van der Waals surface area contributed by atoms with Crippen LogP contribution in [-0.2, 0) is 6.42 Å². The van der Waals surface area contributed by atoms with Crippen LogP contribution >= 0.6 is 7.26 Å². The topological polar surface area (TPSA) is 0 Å². The first-order valence-corrected chi connectivity index (χ1v) is 13.0. The predicted octanol–water partition coefficient (Wildman–Crippen LogP) is 6.18. The summed E-state index contributed by atoms with van der Waals surface area (Å²) in [6.45, 7) is 8.80. The Bertz CT molecular complexity index is 1030. The molecule has 0 saturated carbocycles.